The number of nitrogens with two attached hydrogens (primary N) is 1. The number of rotatable bonds is 2. The standard InChI is InChI=1S/C13H11Cl2N3O/c1-7-2-3-11(18-17-7)12(13(16)19)8-4-9(14)6-10(15)5-8/h2-6,18H,1H3,(H2,16,19)/b12-11-. The van der Waals surface area contributed by atoms with Gasteiger partial charge in [0.25, 0.3) is 5.91 Å². The van der Waals surface area contributed by atoms with Gasteiger partial charge in [-0.25, -0.2) is 0 Å². The highest BCUT2D eigenvalue weighted by atomic mass is 35.5. The highest BCUT2D eigenvalue weighted by Gasteiger charge is 2.16. The van der Waals surface area contributed by atoms with E-state index >= 15 is 0 Å². The van der Waals surface area contributed by atoms with Crippen molar-refractivity contribution in [2.45, 2.75) is 6.92 Å². The third-order valence-corrected chi connectivity index (χ3v) is 2.95. The van der Waals surface area contributed by atoms with E-state index in [0.717, 1.165) is 5.71 Å². The molecule has 1 amide bonds. The van der Waals surface area contributed by atoms with E-state index in [4.69, 9.17) is 28.9 Å². The lowest BCUT2D eigenvalue weighted by Gasteiger charge is -2.13. The van der Waals surface area contributed by atoms with E-state index in [0.29, 0.717) is 21.3 Å². The van der Waals surface area contributed by atoms with Crippen LogP contribution < -0.4 is 11.2 Å². The normalized spacial score (nSPS) is 16.7. The molecule has 1 aliphatic rings. The summed E-state index contributed by atoms with van der Waals surface area (Å²) in [6.07, 6.45) is 3.51. The van der Waals surface area contributed by atoms with E-state index in [9.17, 15) is 4.79 Å². The smallest absolute Gasteiger partial charge is 0.251 e. The number of primary amides is 1. The molecule has 3 N–H and O–H groups in total. The van der Waals surface area contributed by atoms with Crippen molar-refractivity contribution < 1.29 is 4.79 Å². The second-order valence-electron chi connectivity index (χ2n) is 4.01. The van der Waals surface area contributed by atoms with Gasteiger partial charge in [0.15, 0.2) is 0 Å². The number of hydrogen-bond donors (Lipinski definition) is 2. The summed E-state index contributed by atoms with van der Waals surface area (Å²) in [5.74, 6) is -0.583. The number of benzene rings is 1. The van der Waals surface area contributed by atoms with Gasteiger partial charge >= 0.3 is 0 Å². The van der Waals surface area contributed by atoms with Crippen molar-refractivity contribution in [3.63, 3.8) is 0 Å². The molecule has 1 aliphatic heterocycles. The lowest BCUT2D eigenvalue weighted by molar-refractivity contribution is -0.112. The van der Waals surface area contributed by atoms with Crippen molar-refractivity contribution in [3.05, 3.63) is 51.7 Å². The zero-order valence-corrected chi connectivity index (χ0v) is 11.6. The summed E-state index contributed by atoms with van der Waals surface area (Å²) in [4.78, 5) is 11.7. The predicted molar refractivity (Wildman–Crippen MR) is 78.0 cm³/mol. The van der Waals surface area contributed by atoms with Crippen molar-refractivity contribution in [2.75, 3.05) is 0 Å². The van der Waals surface area contributed by atoms with Crippen LogP contribution in [0.4, 0.5) is 0 Å². The molecular formula is C13H11Cl2N3O. The minimum absolute atomic E-state index is 0.289. The Morgan fingerprint density at radius 3 is 2.32 bits per heavy atom. The number of nitrogens with zero attached hydrogens (tertiary/aromatic N) is 1. The highest BCUT2D eigenvalue weighted by molar-refractivity contribution is 6.35. The zero-order valence-electron chi connectivity index (χ0n) is 10.1. The van der Waals surface area contributed by atoms with Crippen molar-refractivity contribution in [2.24, 2.45) is 10.8 Å². The molecule has 0 saturated heterocycles. The number of nitrogens with one attached hydrogen (secondary N) is 1. The van der Waals surface area contributed by atoms with E-state index in [2.05, 4.69) is 10.5 Å². The third-order valence-electron chi connectivity index (χ3n) is 2.51. The van der Waals surface area contributed by atoms with E-state index in [-0.39, 0.29) is 5.57 Å². The molecule has 0 unspecified atom stereocenters. The van der Waals surface area contributed by atoms with Crippen molar-refractivity contribution in [1.29, 1.82) is 0 Å². The summed E-state index contributed by atoms with van der Waals surface area (Å²) in [6, 6.07) is 4.84. The van der Waals surface area contributed by atoms with Crippen LogP contribution in [0.2, 0.25) is 10.0 Å². The quantitative estimate of drug-likeness (QED) is 0.824. The molecule has 1 aromatic rings. The molecule has 1 aromatic carbocycles. The fourth-order valence-electron chi connectivity index (χ4n) is 1.69. The molecule has 1 heterocycles. The minimum atomic E-state index is -0.583. The van der Waals surface area contributed by atoms with Crippen LogP contribution in [-0.4, -0.2) is 11.6 Å². The summed E-state index contributed by atoms with van der Waals surface area (Å²) in [5.41, 5.74) is 10.4. The van der Waals surface area contributed by atoms with E-state index < -0.39 is 5.91 Å². The summed E-state index contributed by atoms with van der Waals surface area (Å²) in [6.45, 7) is 1.83. The van der Waals surface area contributed by atoms with Gasteiger partial charge in [0.2, 0.25) is 0 Å². The molecule has 0 saturated carbocycles. The molecule has 0 aliphatic carbocycles. The summed E-state index contributed by atoms with van der Waals surface area (Å²) < 4.78 is 0. The number of carbonyl (C=O) groups excluding carboxylic acids is 1. The van der Waals surface area contributed by atoms with Gasteiger partial charge in [0.05, 0.1) is 17.0 Å². The van der Waals surface area contributed by atoms with Crippen LogP contribution in [0.15, 0.2) is 41.1 Å². The van der Waals surface area contributed by atoms with Gasteiger partial charge in [-0.2, -0.15) is 5.10 Å². The fourth-order valence-corrected chi connectivity index (χ4v) is 2.22. The number of hydrazone groups is 1. The largest absolute Gasteiger partial charge is 0.366 e. The van der Waals surface area contributed by atoms with Crippen LogP contribution in [0, 0.1) is 0 Å². The zero-order chi connectivity index (χ0) is 14.0. The van der Waals surface area contributed by atoms with Crippen LogP contribution in [0.1, 0.15) is 12.5 Å². The lowest BCUT2D eigenvalue weighted by Crippen LogP contribution is -2.20. The van der Waals surface area contributed by atoms with Gasteiger partial charge < -0.3 is 5.73 Å². The monoisotopic (exact) mass is 295 g/mol. The van der Waals surface area contributed by atoms with Crippen LogP contribution in [0.3, 0.4) is 0 Å². The maximum Gasteiger partial charge on any atom is 0.251 e. The van der Waals surface area contributed by atoms with Gasteiger partial charge in [-0.05, 0) is 42.8 Å². The van der Waals surface area contributed by atoms with Crippen molar-refractivity contribution >= 4 is 40.4 Å². The van der Waals surface area contributed by atoms with Gasteiger partial charge in [-0.3, -0.25) is 10.2 Å². The fraction of sp³-hybridized carbons (Fsp3) is 0.0769. The van der Waals surface area contributed by atoms with E-state index in [1.807, 2.05) is 6.92 Å². The van der Waals surface area contributed by atoms with Crippen LogP contribution in [-0.2, 0) is 4.79 Å². The highest BCUT2D eigenvalue weighted by Crippen LogP contribution is 2.26. The molecule has 0 fully saturated rings. The van der Waals surface area contributed by atoms with Gasteiger partial charge in [-0.15, -0.1) is 0 Å². The molecule has 19 heavy (non-hydrogen) atoms. The van der Waals surface area contributed by atoms with Gasteiger partial charge in [0.1, 0.15) is 0 Å². The van der Waals surface area contributed by atoms with Gasteiger partial charge in [-0.1, -0.05) is 23.2 Å². The molecule has 6 heteroatoms. The molecule has 98 valence electrons. The Morgan fingerprint density at radius 1 is 1.21 bits per heavy atom. The first-order valence-corrected chi connectivity index (χ1v) is 6.22. The number of allylic oxidation sites excluding steroid dienone is 2. The molecule has 0 bridgehead atoms. The third kappa shape index (κ3) is 3.16. The van der Waals surface area contributed by atoms with E-state index in [1.165, 1.54) is 0 Å². The van der Waals surface area contributed by atoms with Crippen LogP contribution in [0.5, 0.6) is 0 Å². The Morgan fingerprint density at radius 2 is 1.84 bits per heavy atom. The summed E-state index contributed by atoms with van der Waals surface area (Å²) in [7, 11) is 0. The number of hydrogen-bond acceptors (Lipinski definition) is 3. The molecule has 0 radical (unpaired) electrons. The molecular weight excluding hydrogens is 285 g/mol. The molecule has 2 rings (SSSR count). The number of carbonyl (C=O) groups is 1. The molecule has 4 nitrogen and oxygen atoms in total. The number of amides is 1. The Kier molecular flexibility index (Phi) is 3.93. The van der Waals surface area contributed by atoms with Crippen molar-refractivity contribution in [3.8, 4) is 0 Å². The second kappa shape index (κ2) is 5.47. The Labute approximate surface area is 120 Å². The van der Waals surface area contributed by atoms with Crippen LogP contribution in [0.25, 0.3) is 5.57 Å². The second-order valence-corrected chi connectivity index (χ2v) is 4.88. The summed E-state index contributed by atoms with van der Waals surface area (Å²) >= 11 is 11.9. The Balaban J connectivity index is 2.56. The molecule has 0 atom stereocenters. The molecule has 0 spiro atoms. The Hall–Kier alpha value is -1.78. The van der Waals surface area contributed by atoms with Crippen molar-refractivity contribution in [1.82, 2.24) is 5.43 Å². The predicted octanol–water partition coefficient (Wildman–Crippen LogP) is 2.73. The average Bonchev–Trinajstić information content (AvgIpc) is 2.30. The SMILES string of the molecule is CC1=NN/C(=C(\C(N)=O)c2cc(Cl)cc(Cl)c2)C=C1. The van der Waals surface area contributed by atoms with Gasteiger partial charge in [0, 0.05) is 10.0 Å². The number of halogens is 2. The first-order valence-electron chi connectivity index (χ1n) is 5.46. The van der Waals surface area contributed by atoms with E-state index in [1.54, 1.807) is 30.4 Å². The maximum absolute atomic E-state index is 11.7. The Bertz CT molecular complexity index is 613. The first kappa shape index (κ1) is 13.6. The average molecular weight is 296 g/mol. The lowest BCUT2D eigenvalue weighted by atomic mass is 10.0. The topological polar surface area (TPSA) is 67.5 Å². The molecule has 0 aromatic heterocycles. The maximum atomic E-state index is 11.7. The first-order chi connectivity index (χ1) is 8.97. The summed E-state index contributed by atoms with van der Waals surface area (Å²) in [5, 5.41) is 4.90. The minimum Gasteiger partial charge on any atom is -0.366 e. The van der Waals surface area contributed by atoms with Crippen LogP contribution >= 0.6 is 23.2 Å².